The number of nitrogens with one attached hydrogen (secondary N) is 1. The number of methoxy groups -OCH3 is 1. The van der Waals surface area contributed by atoms with E-state index < -0.39 is 4.92 Å². The van der Waals surface area contributed by atoms with Crippen molar-refractivity contribution >= 4 is 57.6 Å². The van der Waals surface area contributed by atoms with E-state index in [0.717, 1.165) is 6.42 Å². The van der Waals surface area contributed by atoms with E-state index in [9.17, 15) is 24.8 Å². The smallest absolute Gasteiger partial charge is 0.269 e. The molecule has 0 radical (unpaired) electrons. The highest BCUT2D eigenvalue weighted by atomic mass is 32.2. The third-order valence-electron chi connectivity index (χ3n) is 5.02. The highest BCUT2D eigenvalue weighted by molar-refractivity contribution is 8.26. The Balaban J connectivity index is 1.43. The van der Waals surface area contributed by atoms with Crippen LogP contribution in [0.3, 0.4) is 0 Å². The molecule has 11 heteroatoms. The summed E-state index contributed by atoms with van der Waals surface area (Å²) in [5, 5.41) is 23.1. The molecule has 1 fully saturated rings. The van der Waals surface area contributed by atoms with Crippen LogP contribution in [-0.4, -0.2) is 44.7 Å². The number of carbonyl (C=O) groups excluding carboxylic acids is 2. The van der Waals surface area contributed by atoms with Gasteiger partial charge in [-0.05, 0) is 48.7 Å². The van der Waals surface area contributed by atoms with Crippen LogP contribution in [0, 0.1) is 10.1 Å². The Hall–Kier alpha value is -3.44. The van der Waals surface area contributed by atoms with Crippen molar-refractivity contribution in [1.29, 1.82) is 0 Å². The van der Waals surface area contributed by atoms with Crippen LogP contribution in [0.1, 0.15) is 31.2 Å². The maximum Gasteiger partial charge on any atom is 0.269 e. The van der Waals surface area contributed by atoms with Gasteiger partial charge in [0.15, 0.2) is 11.5 Å². The first kappa shape index (κ1) is 25.2. The number of nitro groups is 1. The van der Waals surface area contributed by atoms with E-state index in [0.29, 0.717) is 52.0 Å². The molecule has 0 spiro atoms. The Labute approximate surface area is 205 Å². The zero-order valence-electron chi connectivity index (χ0n) is 18.4. The topological polar surface area (TPSA) is 122 Å². The summed E-state index contributed by atoms with van der Waals surface area (Å²) in [6.45, 7) is 0.463. The summed E-state index contributed by atoms with van der Waals surface area (Å²) in [6, 6.07) is 10.5. The fourth-order valence-corrected chi connectivity index (χ4v) is 4.56. The van der Waals surface area contributed by atoms with Crippen molar-refractivity contribution in [2.45, 2.75) is 25.7 Å². The standard InChI is InChI=1S/C23H23N3O6S2/c1-32-19-13-15(6-11-18(19)27)14-20-22(29)25(23(33)34-20)12-4-2-3-5-21(28)24-16-7-9-17(10-8-16)26(30)31/h6-11,13-14,27H,2-5,12H2,1H3,(H,24,28)/b20-14-. The molecule has 1 aliphatic heterocycles. The second kappa shape index (κ2) is 11.6. The lowest BCUT2D eigenvalue weighted by molar-refractivity contribution is -0.384. The number of benzene rings is 2. The molecule has 0 aromatic heterocycles. The number of hydrogen-bond donors (Lipinski definition) is 2. The van der Waals surface area contributed by atoms with Gasteiger partial charge in [-0.1, -0.05) is 36.5 Å². The van der Waals surface area contributed by atoms with Gasteiger partial charge < -0.3 is 15.2 Å². The average molecular weight is 502 g/mol. The SMILES string of the molecule is COc1cc(/C=C2\SC(=S)N(CCCCCC(=O)Nc3ccc([N+](=O)[O-])cc3)C2=O)ccc1O. The highest BCUT2D eigenvalue weighted by Gasteiger charge is 2.31. The second-order valence-electron chi connectivity index (χ2n) is 7.43. The Morgan fingerprint density at radius 3 is 2.65 bits per heavy atom. The Morgan fingerprint density at radius 2 is 1.97 bits per heavy atom. The number of phenols is 1. The van der Waals surface area contributed by atoms with E-state index in [1.54, 1.807) is 23.1 Å². The number of rotatable bonds is 10. The number of unbranched alkanes of at least 4 members (excludes halogenated alkanes) is 2. The molecule has 0 saturated carbocycles. The maximum atomic E-state index is 12.7. The van der Waals surface area contributed by atoms with Gasteiger partial charge in [0.2, 0.25) is 5.91 Å². The Kier molecular flexibility index (Phi) is 8.61. The molecular weight excluding hydrogens is 478 g/mol. The van der Waals surface area contributed by atoms with Crippen molar-refractivity contribution in [3.8, 4) is 11.5 Å². The molecule has 1 aliphatic rings. The molecule has 3 rings (SSSR count). The van der Waals surface area contributed by atoms with E-state index in [-0.39, 0.29) is 23.3 Å². The van der Waals surface area contributed by atoms with Crippen molar-refractivity contribution in [1.82, 2.24) is 4.90 Å². The number of anilines is 1. The number of non-ortho nitro benzene ring substituents is 1. The van der Waals surface area contributed by atoms with Crippen LogP contribution in [0.2, 0.25) is 0 Å². The van der Waals surface area contributed by atoms with Gasteiger partial charge in [0.05, 0.1) is 16.9 Å². The molecule has 34 heavy (non-hydrogen) atoms. The summed E-state index contributed by atoms with van der Waals surface area (Å²) in [6.07, 6.45) is 4.08. The van der Waals surface area contributed by atoms with Gasteiger partial charge in [-0.3, -0.25) is 24.6 Å². The summed E-state index contributed by atoms with van der Waals surface area (Å²) in [7, 11) is 1.46. The summed E-state index contributed by atoms with van der Waals surface area (Å²) in [4.78, 5) is 37.1. The monoisotopic (exact) mass is 501 g/mol. The van der Waals surface area contributed by atoms with Crippen LogP contribution in [0.25, 0.3) is 6.08 Å². The number of aromatic hydroxyl groups is 1. The highest BCUT2D eigenvalue weighted by Crippen LogP contribution is 2.34. The minimum absolute atomic E-state index is 0.0219. The number of amides is 2. The van der Waals surface area contributed by atoms with Gasteiger partial charge in [0.1, 0.15) is 4.32 Å². The molecule has 0 atom stereocenters. The number of hydrogen-bond acceptors (Lipinski definition) is 8. The lowest BCUT2D eigenvalue weighted by atomic mass is 10.1. The second-order valence-corrected chi connectivity index (χ2v) is 9.10. The minimum Gasteiger partial charge on any atom is -0.504 e. The van der Waals surface area contributed by atoms with Gasteiger partial charge in [-0.15, -0.1) is 0 Å². The van der Waals surface area contributed by atoms with Gasteiger partial charge in [0.25, 0.3) is 11.6 Å². The Morgan fingerprint density at radius 1 is 1.24 bits per heavy atom. The normalized spacial score (nSPS) is 14.5. The minimum atomic E-state index is -0.496. The van der Waals surface area contributed by atoms with Crippen molar-refractivity contribution in [2.75, 3.05) is 19.0 Å². The van der Waals surface area contributed by atoms with Gasteiger partial charge in [-0.2, -0.15) is 0 Å². The van der Waals surface area contributed by atoms with Gasteiger partial charge >= 0.3 is 0 Å². The van der Waals surface area contributed by atoms with Crippen LogP contribution in [0.4, 0.5) is 11.4 Å². The number of nitrogens with zero attached hydrogens (tertiary/aromatic N) is 2. The zero-order chi connectivity index (χ0) is 24.7. The third-order valence-corrected chi connectivity index (χ3v) is 6.40. The predicted octanol–water partition coefficient (Wildman–Crippen LogP) is 4.71. The molecule has 1 saturated heterocycles. The largest absolute Gasteiger partial charge is 0.504 e. The zero-order valence-corrected chi connectivity index (χ0v) is 20.0. The quantitative estimate of drug-likeness (QED) is 0.158. The maximum absolute atomic E-state index is 12.7. The van der Waals surface area contributed by atoms with Crippen molar-refractivity contribution in [2.24, 2.45) is 0 Å². The summed E-state index contributed by atoms with van der Waals surface area (Å²) in [5.74, 6) is 0.000136. The first-order valence-electron chi connectivity index (χ1n) is 10.4. The number of phenolic OH excluding ortho intramolecular Hbond substituents is 1. The van der Waals surface area contributed by atoms with Crippen LogP contribution in [0.15, 0.2) is 47.4 Å². The predicted molar refractivity (Wildman–Crippen MR) is 135 cm³/mol. The lowest BCUT2D eigenvalue weighted by Gasteiger charge is -2.14. The fourth-order valence-electron chi connectivity index (χ4n) is 3.25. The van der Waals surface area contributed by atoms with E-state index in [2.05, 4.69) is 5.32 Å². The van der Waals surface area contributed by atoms with Crippen molar-refractivity contribution in [3.05, 3.63) is 63.0 Å². The first-order chi connectivity index (χ1) is 16.3. The number of thioether (sulfide) groups is 1. The van der Waals surface area contributed by atoms with Crippen LogP contribution in [0.5, 0.6) is 11.5 Å². The van der Waals surface area contributed by atoms with E-state index >= 15 is 0 Å². The van der Waals surface area contributed by atoms with Crippen molar-refractivity contribution in [3.63, 3.8) is 0 Å². The average Bonchev–Trinajstić information content (AvgIpc) is 3.07. The lowest BCUT2D eigenvalue weighted by Crippen LogP contribution is -2.29. The van der Waals surface area contributed by atoms with Gasteiger partial charge in [-0.25, -0.2) is 0 Å². The first-order valence-corrected chi connectivity index (χ1v) is 11.7. The Bertz CT molecular complexity index is 1130. The van der Waals surface area contributed by atoms with E-state index in [1.165, 1.54) is 49.2 Å². The molecular formula is C23H23N3O6S2. The van der Waals surface area contributed by atoms with E-state index in [4.69, 9.17) is 17.0 Å². The molecule has 2 amide bonds. The molecule has 2 aromatic rings. The number of carbonyl (C=O) groups is 2. The molecule has 0 aliphatic carbocycles. The number of nitro benzene ring substituents is 1. The van der Waals surface area contributed by atoms with Crippen LogP contribution in [-0.2, 0) is 9.59 Å². The number of thiocarbonyl (C=S) groups is 1. The molecule has 178 valence electrons. The molecule has 2 N–H and O–H groups in total. The number of ether oxygens (including phenoxy) is 1. The van der Waals surface area contributed by atoms with Crippen LogP contribution < -0.4 is 10.1 Å². The third kappa shape index (κ3) is 6.55. The van der Waals surface area contributed by atoms with Crippen molar-refractivity contribution < 1.29 is 24.4 Å². The van der Waals surface area contributed by atoms with Crippen LogP contribution >= 0.6 is 24.0 Å². The molecule has 0 bridgehead atoms. The summed E-state index contributed by atoms with van der Waals surface area (Å²) in [5.41, 5.74) is 1.19. The van der Waals surface area contributed by atoms with E-state index in [1.807, 2.05) is 0 Å². The fraction of sp³-hybridized carbons (Fsp3) is 0.261. The molecule has 9 nitrogen and oxygen atoms in total. The summed E-state index contributed by atoms with van der Waals surface area (Å²) >= 11 is 6.58. The molecule has 2 aromatic carbocycles. The molecule has 0 unspecified atom stereocenters. The van der Waals surface area contributed by atoms with Gasteiger partial charge in [0, 0.05) is 30.8 Å². The summed E-state index contributed by atoms with van der Waals surface area (Å²) < 4.78 is 5.58. The molecule has 1 heterocycles.